The van der Waals surface area contributed by atoms with Gasteiger partial charge in [-0.05, 0) is 43.1 Å². The van der Waals surface area contributed by atoms with Crippen molar-refractivity contribution in [3.8, 4) is 0 Å². The molecule has 1 aromatic rings. The number of aliphatic hydroxyl groups is 1. The molecule has 3 aliphatic rings. The number of fused-ring (bicyclic) bond motifs is 4. The van der Waals surface area contributed by atoms with Crippen LogP contribution in [0.15, 0.2) is 30.3 Å². The van der Waals surface area contributed by atoms with Gasteiger partial charge in [-0.25, -0.2) is 0 Å². The molecular weight excluding hydrogens is 260 g/mol. The average Bonchev–Trinajstić information content (AvgIpc) is 2.50. The Hall–Kier alpha value is -1.15. The van der Waals surface area contributed by atoms with E-state index in [-0.39, 0.29) is 23.7 Å². The van der Waals surface area contributed by atoms with Gasteiger partial charge >= 0.3 is 0 Å². The fraction of sp³-hybridized carbons (Fsp3) is 0.632. The lowest BCUT2D eigenvalue weighted by Crippen LogP contribution is -2.60. The highest BCUT2D eigenvalue weighted by molar-refractivity contribution is 5.87. The quantitative estimate of drug-likeness (QED) is 0.854. The first-order valence-corrected chi connectivity index (χ1v) is 8.53. The van der Waals surface area contributed by atoms with Crippen molar-refractivity contribution in [1.82, 2.24) is 0 Å². The first kappa shape index (κ1) is 13.5. The largest absolute Gasteiger partial charge is 0.389 e. The lowest BCUT2D eigenvalue weighted by molar-refractivity contribution is -0.172. The van der Waals surface area contributed by atoms with Gasteiger partial charge in [0.2, 0.25) is 0 Å². The first-order valence-electron chi connectivity index (χ1n) is 8.53. The topological polar surface area (TPSA) is 37.3 Å². The first-order chi connectivity index (χ1) is 10.2. The molecule has 1 aromatic carbocycles. The minimum absolute atomic E-state index is 0.0819. The number of ketones is 1. The molecule has 2 nitrogen and oxygen atoms in total. The van der Waals surface area contributed by atoms with E-state index < -0.39 is 5.60 Å². The average molecular weight is 284 g/mol. The van der Waals surface area contributed by atoms with E-state index in [0.717, 1.165) is 38.5 Å². The van der Waals surface area contributed by atoms with Crippen LogP contribution in [0.2, 0.25) is 0 Å². The maximum absolute atomic E-state index is 12.9. The maximum atomic E-state index is 12.9. The monoisotopic (exact) mass is 284 g/mol. The lowest BCUT2D eigenvalue weighted by Gasteiger charge is -2.56. The summed E-state index contributed by atoms with van der Waals surface area (Å²) in [5.41, 5.74) is 0.536. The summed E-state index contributed by atoms with van der Waals surface area (Å²) in [6.07, 6.45) is 7.19. The Morgan fingerprint density at radius 1 is 1.00 bits per heavy atom. The van der Waals surface area contributed by atoms with Gasteiger partial charge in [-0.15, -0.1) is 0 Å². The smallest absolute Gasteiger partial charge is 0.142 e. The van der Waals surface area contributed by atoms with Gasteiger partial charge in [0.25, 0.3) is 0 Å². The van der Waals surface area contributed by atoms with Crippen LogP contribution in [0.5, 0.6) is 0 Å². The van der Waals surface area contributed by atoms with Crippen LogP contribution in [0.4, 0.5) is 0 Å². The van der Waals surface area contributed by atoms with Crippen LogP contribution < -0.4 is 0 Å². The van der Waals surface area contributed by atoms with E-state index in [9.17, 15) is 9.90 Å². The van der Waals surface area contributed by atoms with E-state index in [4.69, 9.17) is 0 Å². The highest BCUT2D eigenvalue weighted by atomic mass is 16.3. The van der Waals surface area contributed by atoms with Crippen molar-refractivity contribution in [1.29, 1.82) is 0 Å². The Morgan fingerprint density at radius 2 is 1.81 bits per heavy atom. The van der Waals surface area contributed by atoms with Crippen LogP contribution in [0.1, 0.15) is 56.4 Å². The minimum Gasteiger partial charge on any atom is -0.389 e. The number of rotatable bonds is 1. The Balaban J connectivity index is 1.82. The van der Waals surface area contributed by atoms with E-state index in [0.29, 0.717) is 5.78 Å². The van der Waals surface area contributed by atoms with E-state index in [2.05, 4.69) is 24.3 Å². The Labute approximate surface area is 126 Å². The Morgan fingerprint density at radius 3 is 2.62 bits per heavy atom. The van der Waals surface area contributed by atoms with Crippen molar-refractivity contribution >= 4 is 5.78 Å². The van der Waals surface area contributed by atoms with Crippen molar-refractivity contribution < 1.29 is 9.90 Å². The molecule has 0 unspecified atom stereocenters. The van der Waals surface area contributed by atoms with Crippen molar-refractivity contribution in [2.45, 2.75) is 56.5 Å². The number of carbonyl (C=O) groups excluding carboxylic acids is 1. The molecular formula is C19H24O2. The molecule has 0 amide bonds. The standard InChI is InChI=1S/C19H24O2/c20-18-14-9-6-11-16(18)19(21)12-5-4-10-15(19)17(14)13-7-2-1-3-8-13/h1-3,7-8,14-17,21H,4-6,9-12H2/t14-,15+,16+,17-,19+/m0/s1. The summed E-state index contributed by atoms with van der Waals surface area (Å²) < 4.78 is 0. The van der Waals surface area contributed by atoms with E-state index >= 15 is 0 Å². The summed E-state index contributed by atoms with van der Waals surface area (Å²) in [6.45, 7) is 0. The third-order valence-corrected chi connectivity index (χ3v) is 6.36. The van der Waals surface area contributed by atoms with Crippen molar-refractivity contribution in [2.24, 2.45) is 17.8 Å². The zero-order chi connectivity index (χ0) is 14.4. The molecule has 2 bridgehead atoms. The molecule has 3 aliphatic carbocycles. The normalized spacial score (nSPS) is 42.4. The van der Waals surface area contributed by atoms with Crippen LogP contribution in [0.25, 0.3) is 0 Å². The van der Waals surface area contributed by atoms with Gasteiger partial charge < -0.3 is 5.11 Å². The lowest BCUT2D eigenvalue weighted by atomic mass is 9.49. The van der Waals surface area contributed by atoms with Crippen LogP contribution in [-0.2, 0) is 4.79 Å². The molecule has 0 radical (unpaired) electrons. The third kappa shape index (κ3) is 1.92. The van der Waals surface area contributed by atoms with Crippen LogP contribution in [0, 0.1) is 17.8 Å². The molecule has 0 spiro atoms. The molecule has 3 fully saturated rings. The summed E-state index contributed by atoms with van der Waals surface area (Å²) in [5.74, 6) is 0.939. The molecule has 0 aliphatic heterocycles. The van der Waals surface area contributed by atoms with Crippen LogP contribution in [-0.4, -0.2) is 16.5 Å². The van der Waals surface area contributed by atoms with Crippen molar-refractivity contribution in [3.63, 3.8) is 0 Å². The van der Waals surface area contributed by atoms with Gasteiger partial charge in [0.1, 0.15) is 5.78 Å². The van der Waals surface area contributed by atoms with Crippen LogP contribution in [0.3, 0.4) is 0 Å². The predicted octanol–water partition coefficient (Wildman–Crippen LogP) is 3.69. The molecule has 2 heteroatoms. The predicted molar refractivity (Wildman–Crippen MR) is 81.9 cm³/mol. The molecule has 4 rings (SSSR count). The van der Waals surface area contributed by atoms with E-state index in [1.54, 1.807) is 0 Å². The second-order valence-corrected chi connectivity index (χ2v) is 7.27. The zero-order valence-electron chi connectivity index (χ0n) is 12.5. The third-order valence-electron chi connectivity index (χ3n) is 6.36. The van der Waals surface area contributed by atoms with Gasteiger partial charge in [0.15, 0.2) is 0 Å². The molecule has 5 atom stereocenters. The van der Waals surface area contributed by atoms with Gasteiger partial charge in [-0.3, -0.25) is 4.79 Å². The van der Waals surface area contributed by atoms with E-state index in [1.165, 1.54) is 12.0 Å². The zero-order valence-corrected chi connectivity index (χ0v) is 12.5. The fourth-order valence-corrected chi connectivity index (χ4v) is 5.49. The number of carbonyl (C=O) groups is 1. The summed E-state index contributed by atoms with van der Waals surface area (Å²) in [5, 5.41) is 11.4. The number of Topliss-reactive ketones (excluding diaryl/α,β-unsaturated/α-hetero) is 1. The molecule has 1 N–H and O–H groups in total. The summed E-state index contributed by atoms with van der Waals surface area (Å²) in [7, 11) is 0. The van der Waals surface area contributed by atoms with Gasteiger partial charge in [0, 0.05) is 11.8 Å². The highest BCUT2D eigenvalue weighted by Gasteiger charge is 2.59. The summed E-state index contributed by atoms with van der Waals surface area (Å²) in [4.78, 5) is 12.9. The number of hydrogen-bond acceptors (Lipinski definition) is 2. The molecule has 0 saturated heterocycles. The number of benzene rings is 1. The minimum atomic E-state index is -0.729. The Bertz CT molecular complexity index is 538. The molecule has 112 valence electrons. The number of hydrogen-bond donors (Lipinski definition) is 1. The van der Waals surface area contributed by atoms with Crippen LogP contribution >= 0.6 is 0 Å². The van der Waals surface area contributed by atoms with Crippen molar-refractivity contribution in [2.75, 3.05) is 0 Å². The SMILES string of the molecule is O=C1[C@H]2CCC[C@H]1[C@@]1(O)CCCC[C@@H]1[C@H]2c1ccccc1. The Kier molecular flexibility index (Phi) is 3.18. The second-order valence-electron chi connectivity index (χ2n) is 7.27. The van der Waals surface area contributed by atoms with E-state index in [1.807, 2.05) is 6.07 Å². The van der Waals surface area contributed by atoms with Gasteiger partial charge in [-0.1, -0.05) is 49.6 Å². The molecule has 0 aromatic heterocycles. The molecule has 21 heavy (non-hydrogen) atoms. The maximum Gasteiger partial charge on any atom is 0.142 e. The fourth-order valence-electron chi connectivity index (χ4n) is 5.49. The van der Waals surface area contributed by atoms with Gasteiger partial charge in [0.05, 0.1) is 5.60 Å². The summed E-state index contributed by atoms with van der Waals surface area (Å²) in [6, 6.07) is 10.5. The van der Waals surface area contributed by atoms with Gasteiger partial charge in [-0.2, -0.15) is 0 Å². The highest BCUT2D eigenvalue weighted by Crippen LogP contribution is 2.57. The molecule has 0 heterocycles. The van der Waals surface area contributed by atoms with Crippen molar-refractivity contribution in [3.05, 3.63) is 35.9 Å². The molecule has 3 saturated carbocycles. The summed E-state index contributed by atoms with van der Waals surface area (Å²) >= 11 is 0. The second kappa shape index (κ2) is 4.95.